The zero-order chi connectivity index (χ0) is 17.4. The lowest BCUT2D eigenvalue weighted by Crippen LogP contribution is -2.16. The molecule has 1 aromatic carbocycles. The highest BCUT2D eigenvalue weighted by Crippen LogP contribution is 2.21. The number of benzene rings is 1. The van der Waals surface area contributed by atoms with E-state index in [1.807, 2.05) is 0 Å². The highest BCUT2D eigenvalue weighted by Gasteiger charge is 2.27. The predicted octanol–water partition coefficient (Wildman–Crippen LogP) is 2.75. The monoisotopic (exact) mass is 348 g/mol. The van der Waals surface area contributed by atoms with Crippen molar-refractivity contribution in [3.05, 3.63) is 42.4 Å². The van der Waals surface area contributed by atoms with Crippen LogP contribution in [0.5, 0.6) is 0 Å². The van der Waals surface area contributed by atoms with Crippen molar-refractivity contribution in [2.45, 2.75) is 12.8 Å². The zero-order valence-electron chi connectivity index (χ0n) is 12.7. The van der Waals surface area contributed by atoms with E-state index in [0.29, 0.717) is 28.2 Å². The fraction of sp³-hybridized carbons (Fsp3) is 0.200. The van der Waals surface area contributed by atoms with Gasteiger partial charge in [0.2, 0.25) is 0 Å². The SMILES string of the molecule is FC(F)(F)COCc1cccc(-c2nc3c4cn[nH]c4ncn3n2)c1. The van der Waals surface area contributed by atoms with E-state index in [1.165, 1.54) is 10.8 Å². The number of aromatic amines is 1. The minimum absolute atomic E-state index is 0.145. The Morgan fingerprint density at radius 2 is 2.12 bits per heavy atom. The van der Waals surface area contributed by atoms with Gasteiger partial charge in [-0.1, -0.05) is 18.2 Å². The van der Waals surface area contributed by atoms with Gasteiger partial charge in [-0.2, -0.15) is 18.3 Å². The Bertz CT molecular complexity index is 1040. The number of nitrogens with one attached hydrogen (secondary N) is 1. The van der Waals surface area contributed by atoms with E-state index in [0.717, 1.165) is 5.39 Å². The van der Waals surface area contributed by atoms with E-state index in [-0.39, 0.29) is 6.61 Å². The van der Waals surface area contributed by atoms with Crippen LogP contribution in [0.25, 0.3) is 28.1 Å². The molecule has 0 atom stereocenters. The minimum Gasteiger partial charge on any atom is -0.367 e. The van der Waals surface area contributed by atoms with Crippen LogP contribution in [0.2, 0.25) is 0 Å². The van der Waals surface area contributed by atoms with Crippen molar-refractivity contribution in [1.82, 2.24) is 29.8 Å². The van der Waals surface area contributed by atoms with E-state index < -0.39 is 12.8 Å². The van der Waals surface area contributed by atoms with Crippen LogP contribution in [0.3, 0.4) is 0 Å². The van der Waals surface area contributed by atoms with Gasteiger partial charge in [-0.25, -0.2) is 14.5 Å². The number of hydrogen-bond acceptors (Lipinski definition) is 5. The predicted molar refractivity (Wildman–Crippen MR) is 81.6 cm³/mol. The summed E-state index contributed by atoms with van der Waals surface area (Å²) in [5.41, 5.74) is 2.47. The van der Waals surface area contributed by atoms with Crippen LogP contribution in [0.1, 0.15) is 5.56 Å². The highest BCUT2D eigenvalue weighted by atomic mass is 19.4. The fourth-order valence-corrected chi connectivity index (χ4v) is 2.45. The molecule has 0 spiro atoms. The van der Waals surface area contributed by atoms with Gasteiger partial charge in [0.25, 0.3) is 0 Å². The largest absolute Gasteiger partial charge is 0.411 e. The maximum Gasteiger partial charge on any atom is 0.411 e. The molecule has 0 fully saturated rings. The molecule has 4 rings (SSSR count). The Morgan fingerprint density at radius 1 is 1.24 bits per heavy atom. The summed E-state index contributed by atoms with van der Waals surface area (Å²) >= 11 is 0. The van der Waals surface area contributed by atoms with Crippen molar-refractivity contribution >= 4 is 16.7 Å². The maximum absolute atomic E-state index is 12.2. The lowest BCUT2D eigenvalue weighted by atomic mass is 10.1. The molecule has 0 aliphatic carbocycles. The quantitative estimate of drug-likeness (QED) is 0.613. The van der Waals surface area contributed by atoms with Crippen LogP contribution in [0.15, 0.2) is 36.8 Å². The van der Waals surface area contributed by atoms with Crippen LogP contribution in [-0.2, 0) is 11.3 Å². The van der Waals surface area contributed by atoms with Gasteiger partial charge in [0, 0.05) is 5.56 Å². The average molecular weight is 348 g/mol. The molecule has 0 amide bonds. The van der Waals surface area contributed by atoms with Crippen molar-refractivity contribution in [1.29, 1.82) is 0 Å². The molecule has 0 saturated heterocycles. The first-order valence-corrected chi connectivity index (χ1v) is 7.28. The Morgan fingerprint density at radius 3 is 2.96 bits per heavy atom. The summed E-state index contributed by atoms with van der Waals surface area (Å²) in [6.07, 6.45) is -1.22. The number of H-pyrrole nitrogens is 1. The van der Waals surface area contributed by atoms with E-state index in [4.69, 9.17) is 0 Å². The molecule has 4 aromatic rings. The lowest BCUT2D eigenvalue weighted by Gasteiger charge is -2.08. The van der Waals surface area contributed by atoms with Gasteiger partial charge in [-0.05, 0) is 11.6 Å². The van der Waals surface area contributed by atoms with Crippen LogP contribution < -0.4 is 0 Å². The summed E-state index contributed by atoms with van der Waals surface area (Å²) in [5, 5.41) is 11.8. The number of aromatic nitrogens is 6. The second-order valence-corrected chi connectivity index (χ2v) is 5.39. The topological polar surface area (TPSA) is 81.0 Å². The van der Waals surface area contributed by atoms with Crippen molar-refractivity contribution in [3.63, 3.8) is 0 Å². The molecule has 128 valence electrons. The van der Waals surface area contributed by atoms with Crippen molar-refractivity contribution in [2.75, 3.05) is 6.61 Å². The van der Waals surface area contributed by atoms with Crippen molar-refractivity contribution < 1.29 is 17.9 Å². The van der Waals surface area contributed by atoms with Crippen LogP contribution in [-0.4, -0.2) is 42.6 Å². The molecule has 25 heavy (non-hydrogen) atoms. The molecule has 0 unspecified atom stereocenters. The van der Waals surface area contributed by atoms with Gasteiger partial charge in [0.15, 0.2) is 17.1 Å². The fourth-order valence-electron chi connectivity index (χ4n) is 2.45. The second-order valence-electron chi connectivity index (χ2n) is 5.39. The normalized spacial score (nSPS) is 12.3. The molecule has 3 heterocycles. The van der Waals surface area contributed by atoms with Gasteiger partial charge >= 0.3 is 6.18 Å². The highest BCUT2D eigenvalue weighted by molar-refractivity contribution is 5.88. The summed E-state index contributed by atoms with van der Waals surface area (Å²) < 4.78 is 42.7. The molecule has 1 N–H and O–H groups in total. The second kappa shape index (κ2) is 5.81. The van der Waals surface area contributed by atoms with E-state index in [9.17, 15) is 13.2 Å². The lowest BCUT2D eigenvalue weighted by molar-refractivity contribution is -0.176. The number of hydrogen-bond donors (Lipinski definition) is 1. The average Bonchev–Trinajstić information content (AvgIpc) is 3.20. The van der Waals surface area contributed by atoms with E-state index in [2.05, 4.69) is 30.0 Å². The molecular weight excluding hydrogens is 337 g/mol. The van der Waals surface area contributed by atoms with Gasteiger partial charge in [-0.3, -0.25) is 5.10 Å². The third kappa shape index (κ3) is 3.15. The molecule has 0 radical (unpaired) electrons. The third-order valence-corrected chi connectivity index (χ3v) is 3.51. The molecule has 0 bridgehead atoms. The first-order chi connectivity index (χ1) is 12.0. The standard InChI is InChI=1S/C15H11F3N6O/c16-15(17,18)7-25-6-9-2-1-3-10(4-9)12-21-14-11-5-20-22-13(11)19-8-24(14)23-12/h1-5,8H,6-7H2,(H,20,22). The van der Waals surface area contributed by atoms with Gasteiger partial charge in [0.1, 0.15) is 12.9 Å². The summed E-state index contributed by atoms with van der Waals surface area (Å²) in [6, 6.07) is 6.89. The maximum atomic E-state index is 12.2. The number of halogens is 3. The molecule has 3 aromatic heterocycles. The summed E-state index contributed by atoms with van der Waals surface area (Å²) in [7, 11) is 0. The van der Waals surface area contributed by atoms with Crippen molar-refractivity contribution in [3.8, 4) is 11.4 Å². The Hall–Kier alpha value is -3.01. The number of ether oxygens (including phenoxy) is 1. The summed E-state index contributed by atoms with van der Waals surface area (Å²) in [6.45, 7) is -1.43. The number of rotatable bonds is 4. The molecule has 7 nitrogen and oxygen atoms in total. The first-order valence-electron chi connectivity index (χ1n) is 7.28. The number of alkyl halides is 3. The number of fused-ring (bicyclic) bond motifs is 3. The van der Waals surface area contributed by atoms with E-state index in [1.54, 1.807) is 30.5 Å². The first kappa shape index (κ1) is 15.5. The van der Waals surface area contributed by atoms with Crippen LogP contribution in [0, 0.1) is 0 Å². The molecule has 0 aliphatic heterocycles. The zero-order valence-corrected chi connectivity index (χ0v) is 12.7. The molecule has 10 heteroatoms. The van der Waals surface area contributed by atoms with Crippen LogP contribution >= 0.6 is 0 Å². The molecule has 0 saturated carbocycles. The molecular formula is C15H11F3N6O. The summed E-state index contributed by atoms with van der Waals surface area (Å²) in [4.78, 5) is 8.65. The third-order valence-electron chi connectivity index (χ3n) is 3.51. The Labute approximate surface area is 138 Å². The van der Waals surface area contributed by atoms with Gasteiger partial charge < -0.3 is 4.74 Å². The summed E-state index contributed by atoms with van der Waals surface area (Å²) in [5.74, 6) is 0.438. The molecule has 0 aliphatic rings. The number of nitrogens with zero attached hydrogens (tertiary/aromatic N) is 5. The van der Waals surface area contributed by atoms with Gasteiger partial charge in [-0.15, -0.1) is 5.10 Å². The minimum atomic E-state index is -4.34. The van der Waals surface area contributed by atoms with E-state index >= 15 is 0 Å². The van der Waals surface area contributed by atoms with Crippen molar-refractivity contribution in [2.24, 2.45) is 0 Å². The Kier molecular flexibility index (Phi) is 3.61. The smallest absolute Gasteiger partial charge is 0.367 e. The Balaban J connectivity index is 1.63. The van der Waals surface area contributed by atoms with Gasteiger partial charge in [0.05, 0.1) is 18.2 Å². The van der Waals surface area contributed by atoms with Crippen LogP contribution in [0.4, 0.5) is 13.2 Å².